The van der Waals surface area contributed by atoms with E-state index >= 15 is 0 Å². The molecule has 1 aromatic rings. The lowest BCUT2D eigenvalue weighted by molar-refractivity contribution is -0.131. The molecule has 1 aliphatic heterocycles. The highest BCUT2D eigenvalue weighted by molar-refractivity contribution is 7.10. The number of nitrogens with zero attached hydrogens (tertiary/aromatic N) is 1. The summed E-state index contributed by atoms with van der Waals surface area (Å²) in [6.07, 6.45) is 5.84. The second-order valence-corrected chi connectivity index (χ2v) is 7.54. The molecule has 0 spiro atoms. The molecule has 1 aliphatic carbocycles. The lowest BCUT2D eigenvalue weighted by atomic mass is 10.1. The molecular formula is C16H24N2OS. The van der Waals surface area contributed by atoms with Gasteiger partial charge in [0.25, 0.3) is 0 Å². The summed E-state index contributed by atoms with van der Waals surface area (Å²) in [7, 11) is 0. The van der Waals surface area contributed by atoms with Crippen LogP contribution in [0.5, 0.6) is 0 Å². The summed E-state index contributed by atoms with van der Waals surface area (Å²) in [6, 6.07) is 4.23. The van der Waals surface area contributed by atoms with Crippen molar-refractivity contribution in [3.8, 4) is 0 Å². The fourth-order valence-electron chi connectivity index (χ4n) is 2.93. The van der Waals surface area contributed by atoms with E-state index in [1.165, 1.54) is 17.7 Å². The van der Waals surface area contributed by atoms with Gasteiger partial charge in [0, 0.05) is 11.4 Å². The smallest absolute Gasteiger partial charge is 0.241 e. The molecule has 4 heteroatoms. The Morgan fingerprint density at radius 3 is 2.90 bits per heavy atom. The maximum absolute atomic E-state index is 12.7. The summed E-state index contributed by atoms with van der Waals surface area (Å²) >= 11 is 1.74. The monoisotopic (exact) mass is 292 g/mol. The molecule has 1 saturated carbocycles. The first-order chi connectivity index (χ1) is 9.63. The highest BCUT2D eigenvalue weighted by atomic mass is 32.1. The van der Waals surface area contributed by atoms with Crippen molar-refractivity contribution >= 4 is 17.2 Å². The van der Waals surface area contributed by atoms with Gasteiger partial charge in [0.15, 0.2) is 0 Å². The van der Waals surface area contributed by atoms with Crippen LogP contribution in [0.25, 0.3) is 0 Å². The number of hydrogen-bond acceptors (Lipinski definition) is 3. The Labute approximate surface area is 125 Å². The van der Waals surface area contributed by atoms with Gasteiger partial charge in [-0.15, -0.1) is 11.3 Å². The zero-order valence-electron chi connectivity index (χ0n) is 12.4. The molecule has 1 aromatic heterocycles. The summed E-state index contributed by atoms with van der Waals surface area (Å²) in [5.41, 5.74) is 0.368. The van der Waals surface area contributed by atoms with Gasteiger partial charge < -0.3 is 4.90 Å². The largest absolute Gasteiger partial charge is 0.320 e. The summed E-state index contributed by atoms with van der Waals surface area (Å²) in [5.74, 6) is 0.310. The van der Waals surface area contributed by atoms with Crippen LogP contribution in [0, 0.1) is 5.41 Å². The van der Waals surface area contributed by atoms with Gasteiger partial charge in [-0.05, 0) is 36.1 Å². The number of unbranched alkanes of at least 4 members (excludes halogenated alkanes) is 1. The van der Waals surface area contributed by atoms with Gasteiger partial charge in [0.1, 0.15) is 6.17 Å². The van der Waals surface area contributed by atoms with Crippen LogP contribution in [0.15, 0.2) is 17.5 Å². The maximum Gasteiger partial charge on any atom is 0.241 e. The summed E-state index contributed by atoms with van der Waals surface area (Å²) in [6.45, 7) is 5.38. The van der Waals surface area contributed by atoms with Crippen LogP contribution < -0.4 is 5.32 Å². The van der Waals surface area contributed by atoms with Crippen molar-refractivity contribution in [3.63, 3.8) is 0 Å². The molecule has 3 nitrogen and oxygen atoms in total. The van der Waals surface area contributed by atoms with Crippen LogP contribution in [0.1, 0.15) is 57.0 Å². The molecule has 1 saturated heterocycles. The minimum Gasteiger partial charge on any atom is -0.320 e. The Kier molecular flexibility index (Phi) is 3.87. The molecule has 110 valence electrons. The van der Waals surface area contributed by atoms with Crippen LogP contribution in [-0.2, 0) is 4.79 Å². The van der Waals surface area contributed by atoms with Crippen LogP contribution >= 0.6 is 11.3 Å². The maximum atomic E-state index is 12.7. The minimum atomic E-state index is 0.0180. The fraction of sp³-hybridized carbons (Fsp3) is 0.688. The van der Waals surface area contributed by atoms with Crippen molar-refractivity contribution < 1.29 is 4.79 Å². The number of thiophene rings is 1. The standard InChI is InChI=1S/C16H24N2OS/c1-3-4-6-12-15(19)18(11-16(2)8-9-16)14(17-12)13-7-5-10-20-13/h5,7,10,12,14,17H,3-4,6,8-9,11H2,1-2H3. The van der Waals surface area contributed by atoms with Crippen molar-refractivity contribution in [2.24, 2.45) is 5.41 Å². The Hall–Kier alpha value is -0.870. The van der Waals surface area contributed by atoms with Gasteiger partial charge in [-0.1, -0.05) is 32.8 Å². The van der Waals surface area contributed by atoms with E-state index in [1.54, 1.807) is 11.3 Å². The second kappa shape index (κ2) is 5.49. The Bertz CT molecular complexity index is 467. The topological polar surface area (TPSA) is 32.3 Å². The van der Waals surface area contributed by atoms with E-state index in [4.69, 9.17) is 0 Å². The summed E-state index contributed by atoms with van der Waals surface area (Å²) in [5, 5.41) is 5.66. The first kappa shape index (κ1) is 14.1. The van der Waals surface area contributed by atoms with Crippen molar-refractivity contribution in [1.82, 2.24) is 10.2 Å². The van der Waals surface area contributed by atoms with Gasteiger partial charge in [0.05, 0.1) is 6.04 Å². The van der Waals surface area contributed by atoms with E-state index in [-0.39, 0.29) is 12.2 Å². The van der Waals surface area contributed by atoms with Crippen LogP contribution in [0.3, 0.4) is 0 Å². The highest BCUT2D eigenvalue weighted by Gasteiger charge is 2.46. The predicted octanol–water partition coefficient (Wildman–Crippen LogP) is 3.54. The van der Waals surface area contributed by atoms with Gasteiger partial charge in [-0.3, -0.25) is 10.1 Å². The molecule has 3 rings (SSSR count). The molecule has 20 heavy (non-hydrogen) atoms. The van der Waals surface area contributed by atoms with E-state index in [1.807, 2.05) is 0 Å². The molecule has 2 fully saturated rings. The number of carbonyl (C=O) groups is 1. The van der Waals surface area contributed by atoms with Crippen molar-refractivity contribution in [1.29, 1.82) is 0 Å². The first-order valence-electron chi connectivity index (χ1n) is 7.73. The van der Waals surface area contributed by atoms with Crippen molar-refractivity contribution in [2.75, 3.05) is 6.54 Å². The molecule has 1 N–H and O–H groups in total. The second-order valence-electron chi connectivity index (χ2n) is 6.56. The van der Waals surface area contributed by atoms with Gasteiger partial charge in [0.2, 0.25) is 5.91 Å². The Morgan fingerprint density at radius 1 is 1.50 bits per heavy atom. The fourth-order valence-corrected chi connectivity index (χ4v) is 3.72. The highest BCUT2D eigenvalue weighted by Crippen LogP contribution is 2.47. The molecule has 1 amide bonds. The van der Waals surface area contributed by atoms with E-state index in [2.05, 4.69) is 41.6 Å². The molecule has 0 aromatic carbocycles. The van der Waals surface area contributed by atoms with Gasteiger partial charge in [-0.2, -0.15) is 0 Å². The van der Waals surface area contributed by atoms with Crippen LogP contribution in [0.2, 0.25) is 0 Å². The van der Waals surface area contributed by atoms with E-state index in [9.17, 15) is 4.79 Å². The van der Waals surface area contributed by atoms with Crippen molar-refractivity contribution in [2.45, 2.75) is 58.2 Å². The molecule has 2 atom stereocenters. The molecule has 0 bridgehead atoms. The Balaban J connectivity index is 1.76. The van der Waals surface area contributed by atoms with E-state index in [0.717, 1.165) is 25.8 Å². The van der Waals surface area contributed by atoms with Gasteiger partial charge in [-0.25, -0.2) is 0 Å². The number of nitrogens with one attached hydrogen (secondary N) is 1. The zero-order chi connectivity index (χ0) is 14.2. The number of amides is 1. The van der Waals surface area contributed by atoms with Crippen LogP contribution in [-0.4, -0.2) is 23.4 Å². The third-order valence-corrected chi connectivity index (χ3v) is 5.49. The average molecular weight is 292 g/mol. The molecule has 2 unspecified atom stereocenters. The normalized spacial score (nSPS) is 28.1. The quantitative estimate of drug-likeness (QED) is 0.870. The molecular weight excluding hydrogens is 268 g/mol. The Morgan fingerprint density at radius 2 is 2.30 bits per heavy atom. The third-order valence-electron chi connectivity index (χ3n) is 4.57. The minimum absolute atomic E-state index is 0.0180. The first-order valence-corrected chi connectivity index (χ1v) is 8.61. The number of hydrogen-bond donors (Lipinski definition) is 1. The molecule has 2 heterocycles. The van der Waals surface area contributed by atoms with Crippen molar-refractivity contribution in [3.05, 3.63) is 22.4 Å². The predicted molar refractivity (Wildman–Crippen MR) is 82.6 cm³/mol. The van der Waals surface area contributed by atoms with E-state index < -0.39 is 0 Å². The third kappa shape index (κ3) is 2.77. The average Bonchev–Trinajstić information content (AvgIpc) is 2.87. The number of carbonyl (C=O) groups excluding carboxylic acids is 1. The van der Waals surface area contributed by atoms with Gasteiger partial charge >= 0.3 is 0 Å². The molecule has 2 aliphatic rings. The van der Waals surface area contributed by atoms with E-state index in [0.29, 0.717) is 11.3 Å². The number of rotatable bonds is 6. The zero-order valence-corrected chi connectivity index (χ0v) is 13.2. The molecule has 0 radical (unpaired) electrons. The lowest BCUT2D eigenvalue weighted by Gasteiger charge is -2.26. The SMILES string of the molecule is CCCCC1NC(c2cccs2)N(CC2(C)CC2)C1=O. The lowest BCUT2D eigenvalue weighted by Crippen LogP contribution is -2.35. The van der Waals surface area contributed by atoms with Crippen LogP contribution in [0.4, 0.5) is 0 Å². The summed E-state index contributed by atoms with van der Waals surface area (Å²) in [4.78, 5) is 16.1. The summed E-state index contributed by atoms with van der Waals surface area (Å²) < 4.78 is 0.